The van der Waals surface area contributed by atoms with E-state index in [-0.39, 0.29) is 24.3 Å². The zero-order chi connectivity index (χ0) is 19.4. The summed E-state index contributed by atoms with van der Waals surface area (Å²) in [5.41, 5.74) is 0.171. The minimum atomic E-state index is -0.824. The highest BCUT2D eigenvalue weighted by atomic mass is 35.5. The molecule has 1 aromatic carbocycles. The Kier molecular flexibility index (Phi) is 6.40. The van der Waals surface area contributed by atoms with Crippen LogP contribution in [0.2, 0.25) is 5.02 Å². The number of hydrogen-bond acceptors (Lipinski definition) is 4. The van der Waals surface area contributed by atoms with Crippen molar-refractivity contribution in [3.63, 3.8) is 0 Å². The second kappa shape index (κ2) is 8.59. The molecule has 2 aliphatic heterocycles. The highest BCUT2D eigenvalue weighted by Gasteiger charge is 2.34. The predicted octanol–water partition coefficient (Wildman–Crippen LogP) is 1.65. The lowest BCUT2D eigenvalue weighted by atomic mass is 9.90. The zero-order valence-corrected chi connectivity index (χ0v) is 16.5. The molecule has 0 unspecified atom stereocenters. The van der Waals surface area contributed by atoms with Gasteiger partial charge in [0.05, 0.1) is 11.5 Å². The molecule has 1 aromatic rings. The van der Waals surface area contributed by atoms with Crippen molar-refractivity contribution < 1.29 is 14.7 Å². The summed E-state index contributed by atoms with van der Waals surface area (Å²) in [5.74, 6) is -0.233. The lowest BCUT2D eigenvalue weighted by molar-refractivity contribution is -0.139. The third-order valence-electron chi connectivity index (χ3n) is 5.67. The Bertz CT molecular complexity index is 672. The fourth-order valence-electron chi connectivity index (χ4n) is 3.70. The number of halogens is 1. The van der Waals surface area contributed by atoms with Gasteiger partial charge in [-0.3, -0.25) is 9.59 Å². The standard InChI is InChI=1S/C20H28ClN3O3/c1-23-10-8-20(27,9-11-23)14-22-19(26)16-4-7-18(25)24(13-16)12-15-2-5-17(21)6-3-15/h2-3,5-6,16,27H,4,7-14H2,1H3,(H,22,26)/t16-/m1/s1. The number of likely N-dealkylation sites (tertiary alicyclic amines) is 2. The fourth-order valence-corrected chi connectivity index (χ4v) is 3.83. The molecule has 2 aliphatic rings. The largest absolute Gasteiger partial charge is 0.388 e. The van der Waals surface area contributed by atoms with E-state index >= 15 is 0 Å². The summed E-state index contributed by atoms with van der Waals surface area (Å²) in [5, 5.41) is 14.2. The van der Waals surface area contributed by atoms with Crippen LogP contribution < -0.4 is 5.32 Å². The van der Waals surface area contributed by atoms with Gasteiger partial charge in [-0.2, -0.15) is 0 Å². The third kappa shape index (κ3) is 5.43. The molecule has 2 amide bonds. The molecular formula is C20H28ClN3O3. The smallest absolute Gasteiger partial charge is 0.225 e. The van der Waals surface area contributed by atoms with Gasteiger partial charge < -0.3 is 20.2 Å². The summed E-state index contributed by atoms with van der Waals surface area (Å²) < 4.78 is 0. The van der Waals surface area contributed by atoms with E-state index in [1.54, 1.807) is 17.0 Å². The number of nitrogens with one attached hydrogen (secondary N) is 1. The van der Waals surface area contributed by atoms with Crippen LogP contribution in [-0.2, 0) is 16.1 Å². The number of rotatable bonds is 5. The number of carbonyl (C=O) groups is 2. The van der Waals surface area contributed by atoms with E-state index in [1.165, 1.54) is 0 Å². The van der Waals surface area contributed by atoms with Crippen LogP contribution in [-0.4, -0.2) is 65.5 Å². The summed E-state index contributed by atoms with van der Waals surface area (Å²) in [6, 6.07) is 7.40. The van der Waals surface area contributed by atoms with E-state index in [0.29, 0.717) is 43.8 Å². The maximum atomic E-state index is 12.6. The van der Waals surface area contributed by atoms with Crippen LogP contribution in [0.15, 0.2) is 24.3 Å². The summed E-state index contributed by atoms with van der Waals surface area (Å²) in [6.45, 7) is 2.84. The molecule has 0 aromatic heterocycles. The first-order chi connectivity index (χ1) is 12.8. The number of carbonyl (C=O) groups excluding carboxylic acids is 2. The Labute approximate surface area is 165 Å². The topological polar surface area (TPSA) is 72.9 Å². The number of piperidine rings is 2. The van der Waals surface area contributed by atoms with E-state index in [1.807, 2.05) is 19.2 Å². The molecule has 27 heavy (non-hydrogen) atoms. The normalized spacial score (nSPS) is 23.3. The van der Waals surface area contributed by atoms with Gasteiger partial charge >= 0.3 is 0 Å². The maximum Gasteiger partial charge on any atom is 0.225 e. The fraction of sp³-hybridized carbons (Fsp3) is 0.600. The minimum absolute atomic E-state index is 0.0722. The van der Waals surface area contributed by atoms with Crippen molar-refractivity contribution in [3.05, 3.63) is 34.9 Å². The molecule has 2 N–H and O–H groups in total. The average molecular weight is 394 g/mol. The minimum Gasteiger partial charge on any atom is -0.388 e. The van der Waals surface area contributed by atoms with Crippen LogP contribution in [0.5, 0.6) is 0 Å². The Morgan fingerprint density at radius 3 is 2.63 bits per heavy atom. The van der Waals surface area contributed by atoms with E-state index in [9.17, 15) is 14.7 Å². The molecule has 7 heteroatoms. The maximum absolute atomic E-state index is 12.6. The van der Waals surface area contributed by atoms with Gasteiger partial charge in [0, 0.05) is 44.2 Å². The summed E-state index contributed by atoms with van der Waals surface area (Å²) in [6.07, 6.45) is 2.26. The molecule has 0 bridgehead atoms. The van der Waals surface area contributed by atoms with E-state index < -0.39 is 5.60 Å². The number of nitrogens with zero attached hydrogens (tertiary/aromatic N) is 2. The molecule has 2 fully saturated rings. The number of benzene rings is 1. The summed E-state index contributed by atoms with van der Waals surface area (Å²) in [4.78, 5) is 28.8. The first-order valence-corrected chi connectivity index (χ1v) is 9.93. The highest BCUT2D eigenvalue weighted by molar-refractivity contribution is 6.30. The Hall–Kier alpha value is -1.63. The van der Waals surface area contributed by atoms with Crippen molar-refractivity contribution in [2.45, 2.75) is 37.8 Å². The average Bonchev–Trinajstić information content (AvgIpc) is 2.66. The van der Waals surface area contributed by atoms with Crippen LogP contribution >= 0.6 is 11.6 Å². The summed E-state index contributed by atoms with van der Waals surface area (Å²) >= 11 is 5.91. The number of hydrogen-bond donors (Lipinski definition) is 2. The Morgan fingerprint density at radius 1 is 1.30 bits per heavy atom. The molecule has 6 nitrogen and oxygen atoms in total. The van der Waals surface area contributed by atoms with Crippen LogP contribution in [0.3, 0.4) is 0 Å². The molecule has 0 spiro atoms. The van der Waals surface area contributed by atoms with Gasteiger partial charge in [0.15, 0.2) is 0 Å². The lowest BCUT2D eigenvalue weighted by Gasteiger charge is -2.37. The van der Waals surface area contributed by atoms with Gasteiger partial charge in [-0.05, 0) is 44.0 Å². The zero-order valence-electron chi connectivity index (χ0n) is 15.8. The van der Waals surface area contributed by atoms with Gasteiger partial charge in [0.1, 0.15) is 0 Å². The number of aliphatic hydroxyl groups is 1. The molecule has 0 radical (unpaired) electrons. The quantitative estimate of drug-likeness (QED) is 0.797. The molecule has 3 rings (SSSR count). The molecular weight excluding hydrogens is 366 g/mol. The van der Waals surface area contributed by atoms with Gasteiger partial charge in [-0.25, -0.2) is 0 Å². The SMILES string of the molecule is CN1CCC(O)(CNC(=O)[C@@H]2CCC(=O)N(Cc3ccc(Cl)cc3)C2)CC1. The van der Waals surface area contributed by atoms with Crippen molar-refractivity contribution >= 4 is 23.4 Å². The predicted molar refractivity (Wildman–Crippen MR) is 104 cm³/mol. The number of amides is 2. The first-order valence-electron chi connectivity index (χ1n) is 9.55. The van der Waals surface area contributed by atoms with Gasteiger partial charge in [-0.1, -0.05) is 23.7 Å². The molecule has 1 atom stereocenters. The highest BCUT2D eigenvalue weighted by Crippen LogP contribution is 2.23. The Morgan fingerprint density at radius 2 is 1.96 bits per heavy atom. The molecule has 2 saturated heterocycles. The lowest BCUT2D eigenvalue weighted by Crippen LogP contribution is -2.52. The van der Waals surface area contributed by atoms with Crippen LogP contribution in [0, 0.1) is 5.92 Å². The second-order valence-corrected chi connectivity index (χ2v) is 8.32. The van der Waals surface area contributed by atoms with E-state index in [0.717, 1.165) is 18.7 Å². The van der Waals surface area contributed by atoms with Crippen LogP contribution in [0.25, 0.3) is 0 Å². The summed E-state index contributed by atoms with van der Waals surface area (Å²) in [7, 11) is 2.03. The molecule has 148 valence electrons. The Balaban J connectivity index is 1.52. The third-order valence-corrected chi connectivity index (χ3v) is 5.92. The van der Waals surface area contributed by atoms with Gasteiger partial charge in [0.25, 0.3) is 0 Å². The van der Waals surface area contributed by atoms with Crippen molar-refractivity contribution in [1.82, 2.24) is 15.1 Å². The molecule has 2 heterocycles. The molecule has 0 saturated carbocycles. The van der Waals surface area contributed by atoms with E-state index in [4.69, 9.17) is 11.6 Å². The van der Waals surface area contributed by atoms with Crippen molar-refractivity contribution in [3.8, 4) is 0 Å². The van der Waals surface area contributed by atoms with Gasteiger partial charge in [0.2, 0.25) is 11.8 Å². The molecule has 0 aliphatic carbocycles. The van der Waals surface area contributed by atoms with Crippen molar-refractivity contribution in [2.24, 2.45) is 5.92 Å². The second-order valence-electron chi connectivity index (χ2n) is 7.88. The van der Waals surface area contributed by atoms with Crippen LogP contribution in [0.1, 0.15) is 31.2 Å². The van der Waals surface area contributed by atoms with E-state index in [2.05, 4.69) is 10.2 Å². The monoisotopic (exact) mass is 393 g/mol. The van der Waals surface area contributed by atoms with Crippen molar-refractivity contribution in [2.75, 3.05) is 33.2 Å². The van der Waals surface area contributed by atoms with Gasteiger partial charge in [-0.15, -0.1) is 0 Å². The first kappa shape index (κ1) is 20.1. The van der Waals surface area contributed by atoms with Crippen LogP contribution in [0.4, 0.5) is 0 Å². The van der Waals surface area contributed by atoms with Crippen molar-refractivity contribution in [1.29, 1.82) is 0 Å².